The lowest BCUT2D eigenvalue weighted by molar-refractivity contribution is 0.158. The molecular weight excluding hydrogens is 290 g/mol. The van der Waals surface area contributed by atoms with E-state index in [1.54, 1.807) is 6.20 Å². The Morgan fingerprint density at radius 1 is 1.43 bits per heavy atom. The first-order valence-electron chi connectivity index (χ1n) is 6.73. The predicted molar refractivity (Wildman–Crippen MR) is 85.7 cm³/mol. The van der Waals surface area contributed by atoms with Gasteiger partial charge in [0.05, 0.1) is 23.0 Å². The minimum Gasteiger partial charge on any atom is -0.383 e. The topological polar surface area (TPSA) is 95.2 Å². The molecule has 0 bridgehead atoms. The van der Waals surface area contributed by atoms with E-state index in [1.807, 2.05) is 11.2 Å². The number of nitrogens with one attached hydrogen (secondary N) is 2. The zero-order chi connectivity index (χ0) is 15.2. The van der Waals surface area contributed by atoms with Crippen LogP contribution in [-0.4, -0.2) is 44.3 Å². The van der Waals surface area contributed by atoms with Gasteiger partial charge in [0.25, 0.3) is 0 Å². The highest BCUT2D eigenvalue weighted by Gasteiger charge is 2.27. The highest BCUT2D eigenvalue weighted by molar-refractivity contribution is 6.36. The zero-order valence-corrected chi connectivity index (χ0v) is 12.9. The molecule has 112 valence electrons. The van der Waals surface area contributed by atoms with Gasteiger partial charge in [0, 0.05) is 18.0 Å². The molecule has 0 amide bonds. The summed E-state index contributed by atoms with van der Waals surface area (Å²) < 4.78 is 0. The smallest absolute Gasteiger partial charge is 0.227 e. The van der Waals surface area contributed by atoms with Crippen molar-refractivity contribution in [3.05, 3.63) is 11.2 Å². The van der Waals surface area contributed by atoms with Crippen LogP contribution in [0.4, 0.5) is 11.8 Å². The standard InChI is InChI=1S/C13H18ClN7/c1-13(2,3)21-6-7(4-17-21)18-12-19-10(15)9-8(14)5-16-11(9)20-12/h4-5,7H,6H2,1-3H3,(H4,15,16,18,19,20). The normalized spacial score (nSPS) is 18.7. The fourth-order valence-corrected chi connectivity index (χ4v) is 2.46. The number of aromatic amines is 1. The Morgan fingerprint density at radius 2 is 2.19 bits per heavy atom. The summed E-state index contributed by atoms with van der Waals surface area (Å²) in [5.41, 5.74) is 6.55. The summed E-state index contributed by atoms with van der Waals surface area (Å²) in [6, 6.07) is 0.0477. The van der Waals surface area contributed by atoms with Gasteiger partial charge in [-0.1, -0.05) is 11.6 Å². The van der Waals surface area contributed by atoms with Gasteiger partial charge in [0.2, 0.25) is 5.95 Å². The second-order valence-electron chi connectivity index (χ2n) is 6.06. The van der Waals surface area contributed by atoms with Gasteiger partial charge in [0.1, 0.15) is 11.5 Å². The molecule has 0 radical (unpaired) electrons. The van der Waals surface area contributed by atoms with Crippen molar-refractivity contribution in [1.29, 1.82) is 0 Å². The maximum atomic E-state index is 6.03. The number of halogens is 1. The quantitative estimate of drug-likeness (QED) is 0.789. The molecule has 4 N–H and O–H groups in total. The third-order valence-corrected chi connectivity index (χ3v) is 3.65. The Morgan fingerprint density at radius 3 is 2.86 bits per heavy atom. The lowest BCUT2D eigenvalue weighted by atomic mass is 10.1. The van der Waals surface area contributed by atoms with Gasteiger partial charge < -0.3 is 16.0 Å². The molecule has 0 saturated carbocycles. The van der Waals surface area contributed by atoms with Crippen LogP contribution in [0.15, 0.2) is 11.3 Å². The minimum absolute atomic E-state index is 0.0102. The van der Waals surface area contributed by atoms with Crippen molar-refractivity contribution < 1.29 is 0 Å². The molecule has 0 aliphatic carbocycles. The van der Waals surface area contributed by atoms with Gasteiger partial charge in [-0.3, -0.25) is 5.01 Å². The molecule has 0 fully saturated rings. The first-order valence-corrected chi connectivity index (χ1v) is 7.11. The molecule has 0 spiro atoms. The summed E-state index contributed by atoms with van der Waals surface area (Å²) in [7, 11) is 0. The second-order valence-corrected chi connectivity index (χ2v) is 6.47. The largest absolute Gasteiger partial charge is 0.383 e. The molecule has 0 saturated heterocycles. The molecule has 21 heavy (non-hydrogen) atoms. The van der Waals surface area contributed by atoms with Crippen molar-refractivity contribution in [3.8, 4) is 0 Å². The lowest BCUT2D eigenvalue weighted by Crippen LogP contribution is -2.39. The van der Waals surface area contributed by atoms with Crippen LogP contribution in [0.2, 0.25) is 5.02 Å². The molecule has 3 heterocycles. The van der Waals surface area contributed by atoms with E-state index in [0.717, 1.165) is 6.54 Å². The van der Waals surface area contributed by atoms with Gasteiger partial charge in [-0.25, -0.2) is 0 Å². The maximum absolute atomic E-state index is 6.03. The summed E-state index contributed by atoms with van der Waals surface area (Å²) in [6.45, 7) is 7.12. The van der Waals surface area contributed by atoms with E-state index < -0.39 is 0 Å². The van der Waals surface area contributed by atoms with Crippen LogP contribution in [0.1, 0.15) is 20.8 Å². The van der Waals surface area contributed by atoms with Crippen molar-refractivity contribution in [2.45, 2.75) is 32.4 Å². The van der Waals surface area contributed by atoms with E-state index >= 15 is 0 Å². The number of hydrogen-bond acceptors (Lipinski definition) is 6. The first-order chi connectivity index (χ1) is 9.84. The highest BCUT2D eigenvalue weighted by Crippen LogP contribution is 2.27. The van der Waals surface area contributed by atoms with Gasteiger partial charge in [-0.15, -0.1) is 0 Å². The first kappa shape index (κ1) is 13.9. The lowest BCUT2D eigenvalue weighted by Gasteiger charge is -2.30. The van der Waals surface area contributed by atoms with Gasteiger partial charge in [0.15, 0.2) is 0 Å². The summed E-state index contributed by atoms with van der Waals surface area (Å²) in [6.07, 6.45) is 3.51. The van der Waals surface area contributed by atoms with E-state index in [0.29, 0.717) is 27.8 Å². The zero-order valence-electron chi connectivity index (χ0n) is 12.2. The molecule has 3 rings (SSSR count). The minimum atomic E-state index is -0.0102. The van der Waals surface area contributed by atoms with Crippen LogP contribution in [0, 0.1) is 0 Å². The van der Waals surface area contributed by atoms with Crippen LogP contribution in [0.5, 0.6) is 0 Å². The van der Waals surface area contributed by atoms with E-state index in [-0.39, 0.29) is 11.6 Å². The van der Waals surface area contributed by atoms with Gasteiger partial charge in [-0.05, 0) is 20.8 Å². The molecule has 2 aromatic rings. The fraction of sp³-hybridized carbons (Fsp3) is 0.462. The number of hydrazone groups is 1. The van der Waals surface area contributed by atoms with Crippen LogP contribution in [-0.2, 0) is 0 Å². The van der Waals surface area contributed by atoms with E-state index in [1.165, 1.54) is 0 Å². The van der Waals surface area contributed by atoms with Crippen LogP contribution in [0.3, 0.4) is 0 Å². The Kier molecular flexibility index (Phi) is 3.16. The van der Waals surface area contributed by atoms with Crippen LogP contribution in [0.25, 0.3) is 11.0 Å². The summed E-state index contributed by atoms with van der Waals surface area (Å²) in [5.74, 6) is 0.821. The molecule has 7 nitrogen and oxygen atoms in total. The van der Waals surface area contributed by atoms with Crippen molar-refractivity contribution in [3.63, 3.8) is 0 Å². The summed E-state index contributed by atoms with van der Waals surface area (Å²) >= 11 is 6.03. The van der Waals surface area contributed by atoms with Crippen molar-refractivity contribution in [2.24, 2.45) is 5.10 Å². The number of nitrogens with two attached hydrogens (primary N) is 1. The molecule has 2 aromatic heterocycles. The Bertz CT molecular complexity index is 700. The van der Waals surface area contributed by atoms with Crippen molar-refractivity contribution in [2.75, 3.05) is 17.6 Å². The average molecular weight is 308 g/mol. The third kappa shape index (κ3) is 2.61. The Labute approximate surface area is 127 Å². The van der Waals surface area contributed by atoms with Crippen molar-refractivity contribution in [1.82, 2.24) is 20.0 Å². The van der Waals surface area contributed by atoms with Crippen LogP contribution >= 0.6 is 11.6 Å². The Balaban J connectivity index is 1.79. The summed E-state index contributed by atoms with van der Waals surface area (Å²) in [4.78, 5) is 11.6. The monoisotopic (exact) mass is 307 g/mol. The number of anilines is 2. The number of hydrogen-bond donors (Lipinski definition) is 3. The number of H-pyrrole nitrogens is 1. The molecule has 1 unspecified atom stereocenters. The number of aromatic nitrogens is 3. The van der Waals surface area contributed by atoms with Crippen molar-refractivity contribution >= 4 is 40.6 Å². The van der Waals surface area contributed by atoms with Gasteiger partial charge >= 0.3 is 0 Å². The molecule has 1 aliphatic rings. The SMILES string of the molecule is CC(C)(C)N1CC(Nc2nc(N)c3c(Cl)c[nH]c3n2)C=N1. The Hall–Kier alpha value is -2.02. The number of fused-ring (bicyclic) bond motifs is 1. The van der Waals surface area contributed by atoms with Crippen LogP contribution < -0.4 is 11.1 Å². The number of nitrogen functional groups attached to an aromatic ring is 1. The molecule has 8 heteroatoms. The maximum Gasteiger partial charge on any atom is 0.227 e. The third-order valence-electron chi connectivity index (χ3n) is 3.36. The molecule has 1 aliphatic heterocycles. The predicted octanol–water partition coefficient (Wildman–Crippen LogP) is 2.07. The van der Waals surface area contributed by atoms with Gasteiger partial charge in [-0.2, -0.15) is 15.1 Å². The molecule has 1 atom stereocenters. The average Bonchev–Trinajstić information content (AvgIpc) is 2.96. The molecule has 0 aromatic carbocycles. The van der Waals surface area contributed by atoms with E-state index in [2.05, 4.69) is 46.1 Å². The number of rotatable bonds is 2. The molecular formula is C13H18ClN7. The van der Waals surface area contributed by atoms with E-state index in [9.17, 15) is 0 Å². The second kappa shape index (κ2) is 4.77. The van der Waals surface area contributed by atoms with E-state index in [4.69, 9.17) is 17.3 Å². The highest BCUT2D eigenvalue weighted by atomic mass is 35.5. The summed E-state index contributed by atoms with van der Waals surface area (Å²) in [5, 5.41) is 10.8. The fourth-order valence-electron chi connectivity index (χ4n) is 2.22. The number of nitrogens with zero attached hydrogens (tertiary/aromatic N) is 4.